The first-order valence-electron chi connectivity index (χ1n) is 10.2. The summed E-state index contributed by atoms with van der Waals surface area (Å²) in [5, 5.41) is 0. The Balaban J connectivity index is 2.21. The molecule has 2 aromatic carbocycles. The highest BCUT2D eigenvalue weighted by Gasteiger charge is 2.09. The van der Waals surface area contributed by atoms with Crippen molar-refractivity contribution < 1.29 is 0 Å². The summed E-state index contributed by atoms with van der Waals surface area (Å²) in [5.74, 6) is 0.408. The van der Waals surface area contributed by atoms with Crippen LogP contribution >= 0.6 is 0 Å². The second kappa shape index (κ2) is 11.1. The van der Waals surface area contributed by atoms with Crippen LogP contribution in [0.2, 0.25) is 0 Å². The van der Waals surface area contributed by atoms with E-state index in [0.717, 1.165) is 6.54 Å². The van der Waals surface area contributed by atoms with Crippen molar-refractivity contribution >= 4 is 16.9 Å². The lowest BCUT2D eigenvalue weighted by molar-refractivity contribution is 0.962. The van der Waals surface area contributed by atoms with E-state index in [4.69, 9.17) is 0 Å². The molecule has 0 saturated heterocycles. The summed E-state index contributed by atoms with van der Waals surface area (Å²) in [7, 11) is 0. The Morgan fingerprint density at radius 2 is 1.46 bits per heavy atom. The van der Waals surface area contributed by atoms with Gasteiger partial charge in [-0.15, -0.1) is 0 Å². The molecule has 146 valence electrons. The smallest absolute Gasteiger partial charge is 0.0411 e. The van der Waals surface area contributed by atoms with Crippen LogP contribution < -0.4 is 4.90 Å². The van der Waals surface area contributed by atoms with Crippen LogP contribution in [-0.2, 0) is 0 Å². The van der Waals surface area contributed by atoms with Crippen LogP contribution in [0.5, 0.6) is 0 Å². The van der Waals surface area contributed by atoms with E-state index in [9.17, 15) is 0 Å². The molecule has 0 bridgehead atoms. The SMILES string of the molecule is C/C=C\C=C/C(C)c1ccc(N(CC)c2ccc(C(/C=C\C)=C/C)cc2)cc1. The fourth-order valence-corrected chi connectivity index (χ4v) is 3.30. The van der Waals surface area contributed by atoms with E-state index >= 15 is 0 Å². The molecule has 0 heterocycles. The zero-order valence-electron chi connectivity index (χ0n) is 17.9. The molecule has 2 aromatic rings. The molecule has 0 aliphatic carbocycles. The third-order valence-corrected chi connectivity index (χ3v) is 4.92. The van der Waals surface area contributed by atoms with Gasteiger partial charge in [0.2, 0.25) is 0 Å². The minimum absolute atomic E-state index is 0.408. The van der Waals surface area contributed by atoms with Crippen LogP contribution in [-0.4, -0.2) is 6.54 Å². The maximum atomic E-state index is 2.35. The van der Waals surface area contributed by atoms with Gasteiger partial charge < -0.3 is 4.90 Å². The van der Waals surface area contributed by atoms with Crippen molar-refractivity contribution in [1.29, 1.82) is 0 Å². The summed E-state index contributed by atoms with van der Waals surface area (Å²) >= 11 is 0. The first-order chi connectivity index (χ1) is 13.6. The summed E-state index contributed by atoms with van der Waals surface area (Å²) in [6.45, 7) is 11.5. The number of allylic oxidation sites excluding steroid dienone is 8. The van der Waals surface area contributed by atoms with E-state index in [1.54, 1.807) is 0 Å². The number of nitrogens with zero attached hydrogens (tertiary/aromatic N) is 1. The summed E-state index contributed by atoms with van der Waals surface area (Å²) in [6.07, 6.45) is 14.9. The second-order valence-electron chi connectivity index (χ2n) is 6.83. The maximum absolute atomic E-state index is 2.35. The molecule has 28 heavy (non-hydrogen) atoms. The van der Waals surface area contributed by atoms with Gasteiger partial charge in [-0.2, -0.15) is 0 Å². The molecule has 1 heteroatoms. The standard InChI is InChI=1S/C27H33N/c1-6-10-11-13-22(5)24-14-18-26(19-15-24)28(9-4)27-20-16-25(17-21-27)23(8-3)12-7-2/h6-8,10-22H,9H2,1-5H3/b10-6-,12-7-,13-11-,23-8+. The summed E-state index contributed by atoms with van der Waals surface area (Å²) < 4.78 is 0. The van der Waals surface area contributed by atoms with Crippen LogP contribution in [0.1, 0.15) is 51.7 Å². The van der Waals surface area contributed by atoms with Crippen LogP contribution in [0.3, 0.4) is 0 Å². The molecule has 0 aromatic heterocycles. The lowest BCUT2D eigenvalue weighted by Gasteiger charge is -2.24. The van der Waals surface area contributed by atoms with Gasteiger partial charge in [0.05, 0.1) is 0 Å². The summed E-state index contributed by atoms with van der Waals surface area (Å²) in [5.41, 5.74) is 6.28. The van der Waals surface area contributed by atoms with Gasteiger partial charge in [0.25, 0.3) is 0 Å². The molecule has 0 spiro atoms. The second-order valence-corrected chi connectivity index (χ2v) is 6.83. The third-order valence-electron chi connectivity index (χ3n) is 4.92. The number of anilines is 2. The molecule has 2 rings (SSSR count). The molecule has 0 N–H and O–H groups in total. The Morgan fingerprint density at radius 1 is 0.857 bits per heavy atom. The van der Waals surface area contributed by atoms with Gasteiger partial charge in [0, 0.05) is 17.9 Å². The number of hydrogen-bond acceptors (Lipinski definition) is 1. The molecule has 1 nitrogen and oxygen atoms in total. The molecule has 0 amide bonds. The van der Waals surface area contributed by atoms with Crippen LogP contribution in [0.15, 0.2) is 91.1 Å². The van der Waals surface area contributed by atoms with Gasteiger partial charge in [0.15, 0.2) is 0 Å². The van der Waals surface area contributed by atoms with Crippen molar-refractivity contribution in [2.45, 2.75) is 40.5 Å². The molecule has 0 radical (unpaired) electrons. The molecule has 0 saturated carbocycles. The van der Waals surface area contributed by atoms with Crippen molar-refractivity contribution in [3.05, 3.63) is 102 Å². The van der Waals surface area contributed by atoms with Crippen molar-refractivity contribution in [3.63, 3.8) is 0 Å². The van der Waals surface area contributed by atoms with Gasteiger partial charge in [-0.3, -0.25) is 0 Å². The molecule has 0 aliphatic rings. The fourth-order valence-electron chi connectivity index (χ4n) is 3.30. The Hall–Kier alpha value is -2.80. The third kappa shape index (κ3) is 5.60. The number of rotatable bonds is 8. The molecule has 1 unspecified atom stereocenters. The first-order valence-corrected chi connectivity index (χ1v) is 10.2. The largest absolute Gasteiger partial charge is 0.342 e. The molecule has 0 aliphatic heterocycles. The summed E-state index contributed by atoms with van der Waals surface area (Å²) in [6, 6.07) is 17.8. The average Bonchev–Trinajstić information content (AvgIpc) is 2.74. The van der Waals surface area contributed by atoms with Crippen LogP contribution in [0.25, 0.3) is 5.57 Å². The minimum Gasteiger partial charge on any atom is -0.342 e. The van der Waals surface area contributed by atoms with E-state index in [1.165, 1.54) is 28.1 Å². The molecule has 1 atom stereocenters. The van der Waals surface area contributed by atoms with Gasteiger partial charge in [0.1, 0.15) is 0 Å². The molecule has 0 fully saturated rings. The number of hydrogen-bond donors (Lipinski definition) is 0. The molecular formula is C27H33N. The highest BCUT2D eigenvalue weighted by molar-refractivity contribution is 5.75. The highest BCUT2D eigenvalue weighted by atomic mass is 15.1. The van der Waals surface area contributed by atoms with Crippen molar-refractivity contribution in [2.75, 3.05) is 11.4 Å². The predicted octanol–water partition coefficient (Wildman–Crippen LogP) is 8.06. The fraction of sp³-hybridized carbons (Fsp3) is 0.259. The Labute approximate surface area is 171 Å². The van der Waals surface area contributed by atoms with Crippen molar-refractivity contribution in [3.8, 4) is 0 Å². The normalized spacial score (nSPS) is 13.7. The van der Waals surface area contributed by atoms with Gasteiger partial charge >= 0.3 is 0 Å². The van der Waals surface area contributed by atoms with E-state index in [0.29, 0.717) is 5.92 Å². The Bertz CT molecular complexity index is 833. The van der Waals surface area contributed by atoms with E-state index in [-0.39, 0.29) is 0 Å². The molecular weight excluding hydrogens is 338 g/mol. The maximum Gasteiger partial charge on any atom is 0.0411 e. The van der Waals surface area contributed by atoms with E-state index in [1.807, 2.05) is 6.92 Å². The number of benzene rings is 2. The lowest BCUT2D eigenvalue weighted by Crippen LogP contribution is -2.15. The van der Waals surface area contributed by atoms with E-state index in [2.05, 4.69) is 124 Å². The minimum atomic E-state index is 0.408. The Kier molecular flexibility index (Phi) is 8.55. The Morgan fingerprint density at radius 3 is 1.96 bits per heavy atom. The topological polar surface area (TPSA) is 3.24 Å². The monoisotopic (exact) mass is 371 g/mol. The van der Waals surface area contributed by atoms with Crippen molar-refractivity contribution in [1.82, 2.24) is 0 Å². The lowest BCUT2D eigenvalue weighted by atomic mass is 10.00. The van der Waals surface area contributed by atoms with Gasteiger partial charge in [-0.25, -0.2) is 0 Å². The zero-order valence-corrected chi connectivity index (χ0v) is 17.9. The highest BCUT2D eigenvalue weighted by Crippen LogP contribution is 2.29. The van der Waals surface area contributed by atoms with Crippen LogP contribution in [0.4, 0.5) is 11.4 Å². The quantitative estimate of drug-likeness (QED) is 0.424. The van der Waals surface area contributed by atoms with E-state index < -0.39 is 0 Å². The van der Waals surface area contributed by atoms with Crippen LogP contribution in [0, 0.1) is 0 Å². The predicted molar refractivity (Wildman–Crippen MR) is 126 cm³/mol. The van der Waals surface area contributed by atoms with Gasteiger partial charge in [-0.1, -0.05) is 73.7 Å². The first kappa shape index (κ1) is 21.5. The van der Waals surface area contributed by atoms with Gasteiger partial charge in [-0.05, 0) is 74.6 Å². The van der Waals surface area contributed by atoms with Crippen molar-refractivity contribution in [2.24, 2.45) is 0 Å². The zero-order chi connectivity index (χ0) is 20.4. The average molecular weight is 372 g/mol. The summed E-state index contributed by atoms with van der Waals surface area (Å²) in [4.78, 5) is 2.35.